The van der Waals surface area contributed by atoms with Gasteiger partial charge in [0.15, 0.2) is 5.16 Å². The summed E-state index contributed by atoms with van der Waals surface area (Å²) >= 11 is 1.20. The minimum absolute atomic E-state index is 0.124. The number of carbonyl (C=O) groups excluding carboxylic acids is 1. The van der Waals surface area contributed by atoms with Crippen LogP contribution in [-0.4, -0.2) is 21.2 Å². The molecule has 124 valence electrons. The molecule has 7 heteroatoms. The van der Waals surface area contributed by atoms with Crippen LogP contribution in [-0.2, 0) is 11.8 Å². The molecule has 0 atom stereocenters. The second-order valence-electron chi connectivity index (χ2n) is 5.30. The van der Waals surface area contributed by atoms with Gasteiger partial charge < -0.3 is 5.32 Å². The number of hydrogen-bond donors (Lipinski definition) is 1. The average Bonchev–Trinajstić information content (AvgIpc) is 2.64. The lowest BCUT2D eigenvalue weighted by atomic mass is 10.2. The number of anilines is 1. The van der Waals surface area contributed by atoms with Crippen LogP contribution in [0.1, 0.15) is 5.56 Å². The highest BCUT2D eigenvalue weighted by Gasteiger charge is 2.10. The molecule has 0 bridgehead atoms. The Hall–Kier alpha value is -3.11. The number of hydrogen-bond acceptors (Lipinski definition) is 5. The summed E-state index contributed by atoms with van der Waals surface area (Å²) in [7, 11) is 1.64. The van der Waals surface area contributed by atoms with E-state index in [0.717, 1.165) is 0 Å². The third-order valence-electron chi connectivity index (χ3n) is 3.57. The van der Waals surface area contributed by atoms with E-state index in [-0.39, 0.29) is 17.2 Å². The summed E-state index contributed by atoms with van der Waals surface area (Å²) in [4.78, 5) is 28.9. The van der Waals surface area contributed by atoms with E-state index in [1.807, 2.05) is 12.1 Å². The smallest absolute Gasteiger partial charge is 0.261 e. The number of amides is 1. The Morgan fingerprint density at radius 3 is 2.68 bits per heavy atom. The largest absolute Gasteiger partial charge is 0.325 e. The first kappa shape index (κ1) is 16.7. The van der Waals surface area contributed by atoms with Gasteiger partial charge in [0.2, 0.25) is 5.91 Å². The van der Waals surface area contributed by atoms with Crippen LogP contribution in [0.3, 0.4) is 0 Å². The molecule has 0 radical (unpaired) electrons. The van der Waals surface area contributed by atoms with E-state index in [1.165, 1.54) is 16.3 Å². The van der Waals surface area contributed by atoms with Crippen molar-refractivity contribution >= 4 is 34.3 Å². The number of nitrogens with one attached hydrogen (secondary N) is 1. The Kier molecular flexibility index (Phi) is 4.82. The van der Waals surface area contributed by atoms with Gasteiger partial charge in [0.25, 0.3) is 5.56 Å². The molecule has 0 saturated heterocycles. The van der Waals surface area contributed by atoms with E-state index in [4.69, 9.17) is 5.26 Å². The van der Waals surface area contributed by atoms with Crippen LogP contribution in [0.5, 0.6) is 0 Å². The predicted molar refractivity (Wildman–Crippen MR) is 97.5 cm³/mol. The van der Waals surface area contributed by atoms with Crippen LogP contribution in [0.15, 0.2) is 58.5 Å². The van der Waals surface area contributed by atoms with Crippen molar-refractivity contribution in [2.24, 2.45) is 7.05 Å². The van der Waals surface area contributed by atoms with Crippen LogP contribution < -0.4 is 10.9 Å². The molecule has 3 rings (SSSR count). The molecule has 25 heavy (non-hydrogen) atoms. The molecule has 1 N–H and O–H groups in total. The Labute approximate surface area is 148 Å². The highest BCUT2D eigenvalue weighted by Crippen LogP contribution is 2.17. The molecule has 3 aromatic rings. The first-order chi connectivity index (χ1) is 12.1. The summed E-state index contributed by atoms with van der Waals surface area (Å²) in [5.41, 5.74) is 1.62. The van der Waals surface area contributed by atoms with E-state index >= 15 is 0 Å². The van der Waals surface area contributed by atoms with Crippen molar-refractivity contribution in [2.75, 3.05) is 11.1 Å². The van der Waals surface area contributed by atoms with E-state index in [0.29, 0.717) is 27.3 Å². The number of fused-ring (bicyclic) bond motifs is 1. The van der Waals surface area contributed by atoms with E-state index in [2.05, 4.69) is 10.3 Å². The van der Waals surface area contributed by atoms with Gasteiger partial charge >= 0.3 is 0 Å². The molecule has 1 heterocycles. The number of para-hydroxylation sites is 1. The summed E-state index contributed by atoms with van der Waals surface area (Å²) in [6.07, 6.45) is 0. The van der Waals surface area contributed by atoms with Crippen molar-refractivity contribution in [3.63, 3.8) is 0 Å². The number of nitrogens with zero attached hydrogens (tertiary/aromatic N) is 3. The second kappa shape index (κ2) is 7.20. The molecule has 1 amide bonds. The van der Waals surface area contributed by atoms with Gasteiger partial charge in [-0.2, -0.15) is 5.26 Å². The van der Waals surface area contributed by atoms with Gasteiger partial charge in [-0.1, -0.05) is 23.9 Å². The van der Waals surface area contributed by atoms with Crippen molar-refractivity contribution in [1.82, 2.24) is 9.55 Å². The van der Waals surface area contributed by atoms with Crippen molar-refractivity contribution in [1.29, 1.82) is 5.26 Å². The molecular weight excluding hydrogens is 336 g/mol. The molecule has 0 saturated carbocycles. The number of thioether (sulfide) groups is 1. The van der Waals surface area contributed by atoms with Crippen LogP contribution in [0.25, 0.3) is 10.9 Å². The van der Waals surface area contributed by atoms with Crippen molar-refractivity contribution in [2.45, 2.75) is 5.16 Å². The topological polar surface area (TPSA) is 87.8 Å². The minimum Gasteiger partial charge on any atom is -0.325 e. The molecule has 0 spiro atoms. The van der Waals surface area contributed by atoms with Crippen LogP contribution in [0.2, 0.25) is 0 Å². The first-order valence-electron chi connectivity index (χ1n) is 7.47. The average molecular weight is 350 g/mol. The van der Waals surface area contributed by atoms with Crippen molar-refractivity contribution in [3.05, 3.63) is 64.4 Å². The molecule has 1 aromatic heterocycles. The SMILES string of the molecule is Cn1c(SCC(=O)Nc2ccc(C#N)cc2)nc2ccccc2c1=O. The number of carbonyl (C=O) groups is 1. The highest BCUT2D eigenvalue weighted by molar-refractivity contribution is 7.99. The molecule has 2 aromatic carbocycles. The van der Waals surface area contributed by atoms with Crippen molar-refractivity contribution < 1.29 is 4.79 Å². The third-order valence-corrected chi connectivity index (χ3v) is 4.60. The minimum atomic E-state index is -0.211. The van der Waals surface area contributed by atoms with Gasteiger partial charge in [0.05, 0.1) is 28.3 Å². The molecule has 0 aliphatic heterocycles. The highest BCUT2D eigenvalue weighted by atomic mass is 32.2. The van der Waals surface area contributed by atoms with Crippen LogP contribution in [0.4, 0.5) is 5.69 Å². The maximum absolute atomic E-state index is 12.3. The Morgan fingerprint density at radius 2 is 1.96 bits per heavy atom. The third kappa shape index (κ3) is 3.70. The summed E-state index contributed by atoms with van der Waals surface area (Å²) < 4.78 is 1.45. The standard InChI is InChI=1S/C18H14N4O2S/c1-22-17(24)14-4-2-3-5-15(14)21-18(22)25-11-16(23)20-13-8-6-12(10-19)7-9-13/h2-9H,11H2,1H3,(H,20,23). The van der Waals surface area contributed by atoms with E-state index in [1.54, 1.807) is 49.5 Å². The van der Waals surface area contributed by atoms with Gasteiger partial charge in [0.1, 0.15) is 0 Å². The van der Waals surface area contributed by atoms with Crippen LogP contribution >= 0.6 is 11.8 Å². The molecule has 0 aliphatic rings. The van der Waals surface area contributed by atoms with E-state index in [9.17, 15) is 9.59 Å². The van der Waals surface area contributed by atoms with Crippen LogP contribution in [0, 0.1) is 11.3 Å². The predicted octanol–water partition coefficient (Wildman–Crippen LogP) is 2.54. The second-order valence-corrected chi connectivity index (χ2v) is 6.24. The van der Waals surface area contributed by atoms with E-state index < -0.39 is 0 Å². The van der Waals surface area contributed by atoms with Crippen molar-refractivity contribution in [3.8, 4) is 6.07 Å². The fourth-order valence-electron chi connectivity index (χ4n) is 2.28. The maximum Gasteiger partial charge on any atom is 0.261 e. The number of nitriles is 1. The molecular formula is C18H14N4O2S. The van der Waals surface area contributed by atoms with Gasteiger partial charge in [-0.25, -0.2) is 4.98 Å². The number of aromatic nitrogens is 2. The fraction of sp³-hybridized carbons (Fsp3) is 0.111. The van der Waals surface area contributed by atoms with Gasteiger partial charge in [-0.3, -0.25) is 14.2 Å². The number of benzene rings is 2. The Balaban J connectivity index is 1.71. The first-order valence-corrected chi connectivity index (χ1v) is 8.45. The molecule has 0 fully saturated rings. The Morgan fingerprint density at radius 1 is 1.24 bits per heavy atom. The Bertz CT molecular complexity index is 1040. The molecule has 0 unspecified atom stereocenters. The van der Waals surface area contributed by atoms with Gasteiger partial charge in [-0.05, 0) is 36.4 Å². The normalized spacial score (nSPS) is 10.4. The fourth-order valence-corrected chi connectivity index (χ4v) is 3.05. The molecule has 0 aliphatic carbocycles. The lowest BCUT2D eigenvalue weighted by molar-refractivity contribution is -0.113. The lowest BCUT2D eigenvalue weighted by Crippen LogP contribution is -2.21. The summed E-state index contributed by atoms with van der Waals surface area (Å²) in [6, 6.07) is 15.8. The lowest BCUT2D eigenvalue weighted by Gasteiger charge is -2.09. The number of rotatable bonds is 4. The summed E-state index contributed by atoms with van der Waals surface area (Å²) in [5.74, 6) is -0.0874. The summed E-state index contributed by atoms with van der Waals surface area (Å²) in [5, 5.41) is 12.6. The van der Waals surface area contributed by atoms with Gasteiger partial charge in [0, 0.05) is 12.7 Å². The maximum atomic E-state index is 12.3. The zero-order chi connectivity index (χ0) is 17.8. The quantitative estimate of drug-likeness (QED) is 0.577. The zero-order valence-electron chi connectivity index (χ0n) is 13.4. The van der Waals surface area contributed by atoms with Gasteiger partial charge in [-0.15, -0.1) is 0 Å². The summed E-state index contributed by atoms with van der Waals surface area (Å²) in [6.45, 7) is 0. The molecule has 6 nitrogen and oxygen atoms in total. The zero-order valence-corrected chi connectivity index (χ0v) is 14.2. The monoisotopic (exact) mass is 350 g/mol.